The van der Waals surface area contributed by atoms with Crippen molar-refractivity contribution in [3.8, 4) is 0 Å². The lowest BCUT2D eigenvalue weighted by Gasteiger charge is -2.18. The molecule has 1 N–H and O–H groups in total. The van der Waals surface area contributed by atoms with Crippen LogP contribution in [0.4, 0.5) is 0 Å². The smallest absolute Gasteiger partial charge is 0.307 e. The predicted molar refractivity (Wildman–Crippen MR) is 78.2 cm³/mol. The molecule has 3 heteroatoms. The second-order valence-corrected chi connectivity index (χ2v) is 4.81. The van der Waals surface area contributed by atoms with E-state index in [-0.39, 0.29) is 12.0 Å². The second kappa shape index (κ2) is 7.74. The van der Waals surface area contributed by atoms with Gasteiger partial charge >= 0.3 is 5.97 Å². The summed E-state index contributed by atoms with van der Waals surface area (Å²) in [6, 6.07) is 6.47. The lowest BCUT2D eigenvalue weighted by atomic mass is 9.97. The molecule has 1 aromatic rings. The number of hydrogen-bond donors (Lipinski definition) is 1. The largest absolute Gasteiger partial charge is 0.469 e. The Balaban J connectivity index is 2.74. The zero-order chi connectivity index (χ0) is 14.3. The molecule has 0 saturated carbocycles. The number of hydrogen-bond acceptors (Lipinski definition) is 3. The Morgan fingerprint density at radius 2 is 2.21 bits per heavy atom. The van der Waals surface area contributed by atoms with Gasteiger partial charge in [0.1, 0.15) is 0 Å². The summed E-state index contributed by atoms with van der Waals surface area (Å²) < 4.78 is 4.74. The topological polar surface area (TPSA) is 38.3 Å². The summed E-state index contributed by atoms with van der Waals surface area (Å²) in [7, 11) is 1.42. The van der Waals surface area contributed by atoms with E-state index in [0.717, 1.165) is 6.42 Å². The molecule has 0 aliphatic rings. The third-order valence-corrected chi connectivity index (χ3v) is 3.16. The van der Waals surface area contributed by atoms with E-state index >= 15 is 0 Å². The summed E-state index contributed by atoms with van der Waals surface area (Å²) in [5.74, 6) is -0.189. The van der Waals surface area contributed by atoms with Gasteiger partial charge in [-0.05, 0) is 31.4 Å². The van der Waals surface area contributed by atoms with Gasteiger partial charge < -0.3 is 10.1 Å². The molecule has 19 heavy (non-hydrogen) atoms. The van der Waals surface area contributed by atoms with Crippen molar-refractivity contribution in [2.45, 2.75) is 32.7 Å². The molecule has 0 aromatic heterocycles. The molecule has 1 unspecified atom stereocenters. The molecule has 0 aliphatic heterocycles. The first kappa shape index (κ1) is 15.4. The van der Waals surface area contributed by atoms with Gasteiger partial charge in [0.2, 0.25) is 0 Å². The molecule has 0 heterocycles. The van der Waals surface area contributed by atoms with Crippen LogP contribution in [-0.2, 0) is 16.0 Å². The zero-order valence-electron chi connectivity index (χ0n) is 12.0. The molecule has 0 aliphatic carbocycles. The number of ether oxygens (including phenoxy) is 1. The van der Waals surface area contributed by atoms with Crippen LogP contribution in [-0.4, -0.2) is 25.7 Å². The Bertz CT molecular complexity index is 440. The summed E-state index contributed by atoms with van der Waals surface area (Å²) in [5, 5.41) is 3.31. The van der Waals surface area contributed by atoms with Crippen molar-refractivity contribution >= 4 is 5.97 Å². The summed E-state index contributed by atoms with van der Waals surface area (Å²) >= 11 is 0. The Morgan fingerprint density at radius 1 is 1.47 bits per heavy atom. The van der Waals surface area contributed by atoms with Gasteiger partial charge in [0, 0.05) is 12.6 Å². The molecular formula is C16H23NO2. The van der Waals surface area contributed by atoms with E-state index in [0.29, 0.717) is 13.0 Å². The molecule has 1 atom stereocenters. The summed E-state index contributed by atoms with van der Waals surface area (Å²) in [6.45, 7) is 8.56. The molecule has 0 fully saturated rings. The lowest BCUT2D eigenvalue weighted by molar-refractivity contribution is -0.141. The van der Waals surface area contributed by atoms with Crippen LogP contribution < -0.4 is 5.32 Å². The highest BCUT2D eigenvalue weighted by atomic mass is 16.5. The lowest BCUT2D eigenvalue weighted by Crippen LogP contribution is -2.34. The zero-order valence-corrected chi connectivity index (χ0v) is 12.0. The van der Waals surface area contributed by atoms with Crippen LogP contribution >= 0.6 is 0 Å². The average molecular weight is 261 g/mol. The number of benzene rings is 1. The fraction of sp³-hybridized carbons (Fsp3) is 0.438. The number of esters is 1. The van der Waals surface area contributed by atoms with Crippen LogP contribution in [0.3, 0.4) is 0 Å². The van der Waals surface area contributed by atoms with Crippen LogP contribution in [0.1, 0.15) is 23.1 Å². The number of carbonyl (C=O) groups excluding carboxylic acids is 1. The predicted octanol–water partition coefficient (Wildman–Crippen LogP) is 2.55. The van der Waals surface area contributed by atoms with E-state index in [9.17, 15) is 4.79 Å². The highest BCUT2D eigenvalue weighted by Gasteiger charge is 2.15. The molecule has 0 spiro atoms. The minimum atomic E-state index is -0.189. The fourth-order valence-corrected chi connectivity index (χ4v) is 2.09. The Morgan fingerprint density at radius 3 is 2.79 bits per heavy atom. The molecule has 0 bridgehead atoms. The minimum Gasteiger partial charge on any atom is -0.469 e. The first-order chi connectivity index (χ1) is 9.06. The average Bonchev–Trinajstić information content (AvgIpc) is 2.38. The molecular weight excluding hydrogens is 238 g/mol. The van der Waals surface area contributed by atoms with Crippen molar-refractivity contribution < 1.29 is 9.53 Å². The Kier molecular flexibility index (Phi) is 6.30. The SMILES string of the molecule is C=CCNC(CC(=O)OC)Cc1ccc(C)cc1C. The van der Waals surface area contributed by atoms with E-state index in [2.05, 4.69) is 43.9 Å². The monoisotopic (exact) mass is 261 g/mol. The summed E-state index contributed by atoms with van der Waals surface area (Å²) in [5.41, 5.74) is 3.77. The van der Waals surface area contributed by atoms with Gasteiger partial charge in [-0.15, -0.1) is 6.58 Å². The normalized spacial score (nSPS) is 11.9. The number of methoxy groups -OCH3 is 1. The maximum atomic E-state index is 11.4. The van der Waals surface area contributed by atoms with Gasteiger partial charge in [0.15, 0.2) is 0 Å². The van der Waals surface area contributed by atoms with E-state index in [1.807, 2.05) is 0 Å². The van der Waals surface area contributed by atoms with E-state index in [1.165, 1.54) is 23.8 Å². The standard InChI is InChI=1S/C16H23NO2/c1-5-8-17-15(11-16(18)19-4)10-14-7-6-12(2)9-13(14)3/h5-7,9,15,17H,1,8,10-11H2,2-4H3. The maximum Gasteiger partial charge on any atom is 0.307 e. The second-order valence-electron chi connectivity index (χ2n) is 4.81. The van der Waals surface area contributed by atoms with Gasteiger partial charge in [0.05, 0.1) is 13.5 Å². The van der Waals surface area contributed by atoms with Gasteiger partial charge in [-0.2, -0.15) is 0 Å². The van der Waals surface area contributed by atoms with Crippen LogP contribution in [0, 0.1) is 13.8 Å². The molecule has 104 valence electrons. The van der Waals surface area contributed by atoms with E-state index < -0.39 is 0 Å². The van der Waals surface area contributed by atoms with Crippen LogP contribution in [0.15, 0.2) is 30.9 Å². The van der Waals surface area contributed by atoms with Crippen molar-refractivity contribution in [2.75, 3.05) is 13.7 Å². The van der Waals surface area contributed by atoms with Crippen molar-refractivity contribution in [2.24, 2.45) is 0 Å². The number of nitrogens with one attached hydrogen (secondary N) is 1. The highest BCUT2D eigenvalue weighted by molar-refractivity contribution is 5.70. The Hall–Kier alpha value is -1.61. The maximum absolute atomic E-state index is 11.4. The van der Waals surface area contributed by atoms with Crippen molar-refractivity contribution in [3.63, 3.8) is 0 Å². The van der Waals surface area contributed by atoms with Gasteiger partial charge in [-0.25, -0.2) is 0 Å². The van der Waals surface area contributed by atoms with Gasteiger partial charge in [-0.3, -0.25) is 4.79 Å². The van der Waals surface area contributed by atoms with E-state index in [1.54, 1.807) is 6.08 Å². The number of aryl methyl sites for hydroxylation is 2. The third kappa shape index (κ3) is 5.26. The molecule has 1 aromatic carbocycles. The first-order valence-corrected chi connectivity index (χ1v) is 6.54. The fourth-order valence-electron chi connectivity index (χ4n) is 2.09. The van der Waals surface area contributed by atoms with Crippen molar-refractivity contribution in [3.05, 3.63) is 47.5 Å². The molecule has 0 amide bonds. The first-order valence-electron chi connectivity index (χ1n) is 6.54. The summed E-state index contributed by atoms with van der Waals surface area (Å²) in [4.78, 5) is 11.4. The molecule has 0 radical (unpaired) electrons. The van der Waals surface area contributed by atoms with Crippen LogP contribution in [0.25, 0.3) is 0 Å². The number of carbonyl (C=O) groups is 1. The van der Waals surface area contributed by atoms with E-state index in [4.69, 9.17) is 4.74 Å². The molecule has 1 rings (SSSR count). The van der Waals surface area contributed by atoms with Crippen molar-refractivity contribution in [1.29, 1.82) is 0 Å². The quantitative estimate of drug-likeness (QED) is 0.605. The minimum absolute atomic E-state index is 0.0758. The number of rotatable bonds is 7. The highest BCUT2D eigenvalue weighted by Crippen LogP contribution is 2.14. The van der Waals surface area contributed by atoms with Gasteiger partial charge in [0.25, 0.3) is 0 Å². The molecule has 0 saturated heterocycles. The van der Waals surface area contributed by atoms with Gasteiger partial charge in [-0.1, -0.05) is 29.8 Å². The third-order valence-electron chi connectivity index (χ3n) is 3.16. The van der Waals surface area contributed by atoms with Crippen LogP contribution in [0.5, 0.6) is 0 Å². The summed E-state index contributed by atoms with van der Waals surface area (Å²) in [6.07, 6.45) is 2.99. The van der Waals surface area contributed by atoms with Crippen LogP contribution in [0.2, 0.25) is 0 Å². The Labute approximate surface area is 115 Å². The van der Waals surface area contributed by atoms with Crippen molar-refractivity contribution in [1.82, 2.24) is 5.32 Å². The molecule has 3 nitrogen and oxygen atoms in total.